The van der Waals surface area contributed by atoms with Crippen molar-refractivity contribution in [2.24, 2.45) is 0 Å². The van der Waals surface area contributed by atoms with Gasteiger partial charge in [-0.25, -0.2) is 9.59 Å². The number of nitrogens with one attached hydrogen (secondary N) is 1. The number of amides is 1. The third-order valence-corrected chi connectivity index (χ3v) is 5.73. The second-order valence-corrected chi connectivity index (χ2v) is 8.60. The summed E-state index contributed by atoms with van der Waals surface area (Å²) in [6.45, 7) is 1.91. The third-order valence-electron chi connectivity index (χ3n) is 5.73. The number of aryl methyl sites for hydroxylation is 1. The highest BCUT2D eigenvalue weighted by Crippen LogP contribution is 2.17. The van der Waals surface area contributed by atoms with Crippen molar-refractivity contribution in [2.75, 3.05) is 0 Å². The van der Waals surface area contributed by atoms with E-state index in [2.05, 4.69) is 10.1 Å². The number of allylic oxidation sites excluding steroid dienone is 1. The van der Waals surface area contributed by atoms with Crippen molar-refractivity contribution >= 4 is 23.6 Å². The summed E-state index contributed by atoms with van der Waals surface area (Å²) in [5, 5.41) is 2.96. The smallest absolute Gasteiger partial charge is 0.338 e. The number of hydrogen-bond acceptors (Lipinski definition) is 5. The molecule has 0 bridgehead atoms. The van der Waals surface area contributed by atoms with Crippen LogP contribution in [0, 0.1) is 6.92 Å². The number of hydrogen-bond donors (Lipinski definition) is 1. The SMILES string of the molecule is Cc1ccc(C(=O)C=CC(=O)OC(=O)/C=C\C(=O)NC2CCCCCCCCCCC2)cc1. The highest BCUT2D eigenvalue weighted by molar-refractivity contribution is 6.08. The molecular formula is C27H35NO5. The molecule has 0 aliphatic heterocycles. The van der Waals surface area contributed by atoms with Gasteiger partial charge in [-0.2, -0.15) is 0 Å². The Morgan fingerprint density at radius 1 is 0.727 bits per heavy atom. The molecule has 0 heterocycles. The van der Waals surface area contributed by atoms with Gasteiger partial charge in [0.2, 0.25) is 5.91 Å². The second-order valence-electron chi connectivity index (χ2n) is 8.60. The molecule has 178 valence electrons. The summed E-state index contributed by atoms with van der Waals surface area (Å²) in [5.74, 6) is -2.67. The van der Waals surface area contributed by atoms with Gasteiger partial charge in [0.15, 0.2) is 5.78 Å². The number of carbonyl (C=O) groups is 4. The lowest BCUT2D eigenvalue weighted by Gasteiger charge is -2.18. The molecule has 1 N–H and O–H groups in total. The molecule has 0 atom stereocenters. The van der Waals surface area contributed by atoms with Gasteiger partial charge >= 0.3 is 11.9 Å². The molecule has 1 aliphatic carbocycles. The third kappa shape index (κ3) is 11.4. The Balaban J connectivity index is 1.76. The van der Waals surface area contributed by atoms with Gasteiger partial charge in [-0.1, -0.05) is 87.6 Å². The Kier molecular flexibility index (Phi) is 11.9. The van der Waals surface area contributed by atoms with E-state index in [1.165, 1.54) is 44.9 Å². The van der Waals surface area contributed by atoms with Crippen LogP contribution in [0.15, 0.2) is 48.6 Å². The van der Waals surface area contributed by atoms with E-state index in [0.717, 1.165) is 55.6 Å². The summed E-state index contributed by atoms with van der Waals surface area (Å²) in [5.41, 5.74) is 1.45. The van der Waals surface area contributed by atoms with Crippen molar-refractivity contribution in [2.45, 2.75) is 83.6 Å². The number of ketones is 1. The Morgan fingerprint density at radius 2 is 1.21 bits per heavy atom. The van der Waals surface area contributed by atoms with E-state index in [0.29, 0.717) is 5.56 Å². The monoisotopic (exact) mass is 453 g/mol. The fraction of sp³-hybridized carbons (Fsp3) is 0.481. The van der Waals surface area contributed by atoms with Crippen LogP contribution in [0.1, 0.15) is 86.6 Å². The van der Waals surface area contributed by atoms with Crippen LogP contribution in [0.3, 0.4) is 0 Å². The van der Waals surface area contributed by atoms with Gasteiger partial charge in [-0.15, -0.1) is 0 Å². The number of benzene rings is 1. The van der Waals surface area contributed by atoms with Crippen LogP contribution in [0.25, 0.3) is 0 Å². The summed E-state index contributed by atoms with van der Waals surface area (Å²) in [6.07, 6.45) is 16.7. The number of rotatable bonds is 6. The van der Waals surface area contributed by atoms with Gasteiger partial charge < -0.3 is 10.1 Å². The molecule has 1 amide bonds. The summed E-state index contributed by atoms with van der Waals surface area (Å²) in [6, 6.07) is 6.99. The average molecular weight is 454 g/mol. The largest absolute Gasteiger partial charge is 0.387 e. The molecule has 2 rings (SSSR count). The Morgan fingerprint density at radius 3 is 1.76 bits per heavy atom. The Labute approximate surface area is 196 Å². The van der Waals surface area contributed by atoms with Crippen LogP contribution in [-0.2, 0) is 19.1 Å². The molecule has 1 aromatic carbocycles. The molecule has 1 saturated carbocycles. The van der Waals surface area contributed by atoms with E-state index in [4.69, 9.17) is 0 Å². The zero-order valence-electron chi connectivity index (χ0n) is 19.5. The molecule has 1 aromatic rings. The number of esters is 2. The van der Waals surface area contributed by atoms with Crippen LogP contribution in [-0.4, -0.2) is 29.7 Å². The molecular weight excluding hydrogens is 418 g/mol. The quantitative estimate of drug-likeness (QED) is 0.278. The highest BCUT2D eigenvalue weighted by Gasteiger charge is 2.12. The van der Waals surface area contributed by atoms with Gasteiger partial charge in [-0.3, -0.25) is 9.59 Å². The van der Waals surface area contributed by atoms with E-state index in [1.54, 1.807) is 24.3 Å². The van der Waals surface area contributed by atoms with E-state index < -0.39 is 11.9 Å². The van der Waals surface area contributed by atoms with Crippen LogP contribution >= 0.6 is 0 Å². The standard InChI is InChI=1S/C27H35NO5/c1-21-13-15-22(16-14-21)24(29)17-19-26(31)33-27(32)20-18-25(30)28-23-11-9-7-5-3-2-4-6-8-10-12-23/h13-20,23H,2-12H2,1H3,(H,28,30)/b19-17?,20-18-. The minimum absolute atomic E-state index is 0.0925. The lowest BCUT2D eigenvalue weighted by Crippen LogP contribution is -2.33. The van der Waals surface area contributed by atoms with Crippen LogP contribution in [0.2, 0.25) is 0 Å². The van der Waals surface area contributed by atoms with Crippen LogP contribution < -0.4 is 5.32 Å². The van der Waals surface area contributed by atoms with E-state index in [1.807, 2.05) is 6.92 Å². The molecule has 0 saturated heterocycles. The maximum Gasteiger partial charge on any atom is 0.338 e. The van der Waals surface area contributed by atoms with Gasteiger partial charge in [0.05, 0.1) is 0 Å². The predicted molar refractivity (Wildman–Crippen MR) is 128 cm³/mol. The maximum absolute atomic E-state index is 12.2. The normalized spacial score (nSPS) is 16.6. The Hall–Kier alpha value is -3.02. The van der Waals surface area contributed by atoms with Crippen LogP contribution in [0.5, 0.6) is 0 Å². The van der Waals surface area contributed by atoms with Gasteiger partial charge in [0.1, 0.15) is 0 Å². The van der Waals surface area contributed by atoms with Gasteiger partial charge in [0.25, 0.3) is 0 Å². The molecule has 0 aromatic heterocycles. The molecule has 0 spiro atoms. The molecule has 0 radical (unpaired) electrons. The Bertz CT molecular complexity index is 842. The van der Waals surface area contributed by atoms with Crippen molar-refractivity contribution in [3.05, 3.63) is 59.7 Å². The average Bonchev–Trinajstić information content (AvgIpc) is 2.78. The molecule has 6 heteroatoms. The fourth-order valence-corrected chi connectivity index (χ4v) is 3.83. The number of ether oxygens (including phenoxy) is 1. The summed E-state index contributed by atoms with van der Waals surface area (Å²) < 4.78 is 4.61. The van der Waals surface area contributed by atoms with E-state index >= 15 is 0 Å². The summed E-state index contributed by atoms with van der Waals surface area (Å²) in [4.78, 5) is 47.9. The number of carbonyl (C=O) groups excluding carboxylic acids is 4. The van der Waals surface area contributed by atoms with E-state index in [9.17, 15) is 19.2 Å². The summed E-state index contributed by atoms with van der Waals surface area (Å²) >= 11 is 0. The molecule has 33 heavy (non-hydrogen) atoms. The van der Waals surface area contributed by atoms with Crippen LogP contribution in [0.4, 0.5) is 0 Å². The minimum atomic E-state index is -0.968. The van der Waals surface area contributed by atoms with Crippen molar-refractivity contribution in [3.63, 3.8) is 0 Å². The maximum atomic E-state index is 12.2. The van der Waals surface area contributed by atoms with Gasteiger partial charge in [0, 0.05) is 29.8 Å². The zero-order chi connectivity index (χ0) is 23.9. The zero-order valence-corrected chi connectivity index (χ0v) is 19.5. The molecule has 1 aliphatic rings. The highest BCUT2D eigenvalue weighted by atomic mass is 16.6. The predicted octanol–water partition coefficient (Wildman–Crippen LogP) is 5.15. The summed E-state index contributed by atoms with van der Waals surface area (Å²) in [7, 11) is 0. The van der Waals surface area contributed by atoms with Crippen molar-refractivity contribution in [1.29, 1.82) is 0 Å². The van der Waals surface area contributed by atoms with Crippen molar-refractivity contribution < 1.29 is 23.9 Å². The van der Waals surface area contributed by atoms with E-state index in [-0.39, 0.29) is 17.7 Å². The lowest BCUT2D eigenvalue weighted by molar-refractivity contribution is -0.152. The first kappa shape index (κ1) is 26.2. The van der Waals surface area contributed by atoms with Gasteiger partial charge in [-0.05, 0) is 25.8 Å². The molecule has 0 unspecified atom stereocenters. The lowest BCUT2D eigenvalue weighted by atomic mass is 9.98. The molecule has 6 nitrogen and oxygen atoms in total. The minimum Gasteiger partial charge on any atom is -0.387 e. The fourth-order valence-electron chi connectivity index (χ4n) is 3.83. The first-order valence-electron chi connectivity index (χ1n) is 12.0. The first-order valence-corrected chi connectivity index (χ1v) is 12.0. The second kappa shape index (κ2) is 14.9. The topological polar surface area (TPSA) is 89.5 Å². The van der Waals surface area contributed by atoms with Crippen molar-refractivity contribution in [1.82, 2.24) is 5.32 Å². The van der Waals surface area contributed by atoms with Crippen molar-refractivity contribution in [3.8, 4) is 0 Å². The molecule has 1 fully saturated rings. The first-order chi connectivity index (χ1) is 15.9.